The molecule has 0 bridgehead atoms. The molecule has 1 aliphatic heterocycles. The molecule has 1 aliphatic rings. The number of unbranched alkanes of at least 4 members (excludes halogenated alkanes) is 3. The number of thioether (sulfide) groups is 2. The summed E-state index contributed by atoms with van der Waals surface area (Å²) in [5.74, 6) is 2.96. The van der Waals surface area contributed by atoms with Crippen LogP contribution in [0.4, 0.5) is 0 Å². The Hall–Kier alpha value is -0.0100. The Morgan fingerprint density at radius 2 is 1.90 bits per heavy atom. The SMILES string of the molecule is CCCCC(=O)CCCCCS(=O)(=O)[O+]=C1CSCCS1. The molecule has 4 nitrogen and oxygen atoms in total. The fourth-order valence-electron chi connectivity index (χ4n) is 1.92. The summed E-state index contributed by atoms with van der Waals surface area (Å²) in [6.07, 6.45) is 5.33. The van der Waals surface area contributed by atoms with Gasteiger partial charge < -0.3 is 0 Å². The number of rotatable bonds is 10. The predicted molar refractivity (Wildman–Crippen MR) is 91.6 cm³/mol. The minimum atomic E-state index is -3.45. The fraction of sp³-hybridized carbons (Fsp3) is 0.857. The van der Waals surface area contributed by atoms with Gasteiger partial charge in [0.05, 0.1) is 0 Å². The van der Waals surface area contributed by atoms with Crippen LogP contribution < -0.4 is 0 Å². The van der Waals surface area contributed by atoms with E-state index in [2.05, 4.69) is 6.92 Å². The van der Waals surface area contributed by atoms with Gasteiger partial charge in [0.2, 0.25) is 0 Å². The van der Waals surface area contributed by atoms with Gasteiger partial charge in [0.15, 0.2) is 0 Å². The van der Waals surface area contributed by atoms with Crippen molar-refractivity contribution in [3.05, 3.63) is 0 Å². The molecule has 1 heterocycles. The molecule has 1 rings (SSSR count). The fourth-order valence-corrected chi connectivity index (χ4v) is 5.47. The third-order valence-electron chi connectivity index (χ3n) is 3.09. The van der Waals surface area contributed by atoms with Crippen molar-refractivity contribution in [2.75, 3.05) is 23.0 Å². The molecule has 0 aromatic carbocycles. The highest BCUT2D eigenvalue weighted by molar-refractivity contribution is 8.18. The maximum Gasteiger partial charge on any atom is 0.496 e. The van der Waals surface area contributed by atoms with E-state index in [1.807, 2.05) is 0 Å². The van der Waals surface area contributed by atoms with Gasteiger partial charge in [-0.1, -0.05) is 19.8 Å². The molecule has 1 saturated heterocycles. The number of Topliss-reactive ketones (excluding diaryl/α,β-unsaturated/α-hetero) is 1. The number of hydrogen-bond acceptors (Lipinski definition) is 5. The summed E-state index contributed by atoms with van der Waals surface area (Å²) in [5.41, 5.74) is 0. The van der Waals surface area contributed by atoms with Gasteiger partial charge in [-0.05, 0) is 31.0 Å². The smallest absolute Gasteiger partial charge is 0.300 e. The van der Waals surface area contributed by atoms with Crippen molar-refractivity contribution in [2.24, 2.45) is 0 Å². The lowest BCUT2D eigenvalue weighted by Crippen LogP contribution is -2.15. The molecule has 0 spiro atoms. The topological polar surface area (TPSA) is 62.5 Å². The molecule has 122 valence electrons. The zero-order valence-corrected chi connectivity index (χ0v) is 15.1. The van der Waals surface area contributed by atoms with Crippen LogP contribution >= 0.6 is 23.5 Å². The van der Waals surface area contributed by atoms with Gasteiger partial charge in [-0.3, -0.25) is 4.79 Å². The molecule has 0 atom stereocenters. The van der Waals surface area contributed by atoms with Gasteiger partial charge in [-0.15, -0.1) is 24.1 Å². The summed E-state index contributed by atoms with van der Waals surface area (Å²) in [6, 6.07) is 0. The molecule has 0 aliphatic carbocycles. The molecule has 0 amide bonds. The Morgan fingerprint density at radius 1 is 1.14 bits per heavy atom. The number of carbonyl (C=O) groups is 1. The first-order valence-electron chi connectivity index (χ1n) is 7.53. The van der Waals surface area contributed by atoms with Crippen molar-refractivity contribution in [3.8, 4) is 0 Å². The molecule has 0 unspecified atom stereocenters. The number of hydrogen-bond donors (Lipinski definition) is 0. The van der Waals surface area contributed by atoms with E-state index < -0.39 is 10.1 Å². The molecule has 0 radical (unpaired) electrons. The zero-order chi connectivity index (χ0) is 15.6. The third kappa shape index (κ3) is 9.58. The standard InChI is InChI=1S/C14H25O4S3/c1-2-3-7-13(15)8-5-4-6-11-21(16,17)18-14-12-19-9-10-20-14/h2-12H2,1H3/q+1. The average Bonchev–Trinajstić information content (AvgIpc) is 2.45. The van der Waals surface area contributed by atoms with Gasteiger partial charge in [0, 0.05) is 24.3 Å². The largest absolute Gasteiger partial charge is 0.496 e. The second-order valence-corrected chi connectivity index (χ2v) is 9.02. The van der Waals surface area contributed by atoms with Crippen LogP contribution in [0.2, 0.25) is 0 Å². The highest BCUT2D eigenvalue weighted by Crippen LogP contribution is 2.19. The first-order chi connectivity index (χ1) is 10.0. The van der Waals surface area contributed by atoms with Gasteiger partial charge >= 0.3 is 15.2 Å². The average molecular weight is 354 g/mol. The van der Waals surface area contributed by atoms with E-state index in [-0.39, 0.29) is 5.75 Å². The van der Waals surface area contributed by atoms with E-state index in [9.17, 15) is 13.2 Å². The Kier molecular flexibility index (Phi) is 9.67. The first kappa shape index (κ1) is 19.0. The van der Waals surface area contributed by atoms with Gasteiger partial charge in [0.25, 0.3) is 0 Å². The zero-order valence-electron chi connectivity index (χ0n) is 12.6. The predicted octanol–water partition coefficient (Wildman–Crippen LogP) is 3.18. The molecular formula is C14H25O4S3+. The van der Waals surface area contributed by atoms with Crippen LogP contribution in [0.15, 0.2) is 0 Å². The van der Waals surface area contributed by atoms with E-state index in [0.717, 1.165) is 37.2 Å². The molecule has 0 aromatic heterocycles. The molecule has 1 fully saturated rings. The Morgan fingerprint density at radius 3 is 2.57 bits per heavy atom. The summed E-state index contributed by atoms with van der Waals surface area (Å²) in [6.45, 7) is 2.07. The van der Waals surface area contributed by atoms with Crippen LogP contribution in [0.25, 0.3) is 0 Å². The lowest BCUT2D eigenvalue weighted by molar-refractivity contribution is -0.263. The summed E-state index contributed by atoms with van der Waals surface area (Å²) < 4.78 is 28.7. The molecule has 0 saturated carbocycles. The normalized spacial score (nSPS) is 18.0. The number of carbonyl (C=O) groups excluding carboxylic acids is 2. The van der Waals surface area contributed by atoms with Crippen molar-refractivity contribution < 1.29 is 17.1 Å². The van der Waals surface area contributed by atoms with E-state index >= 15 is 0 Å². The van der Waals surface area contributed by atoms with Gasteiger partial charge in [0.1, 0.15) is 17.3 Å². The molecule has 0 N–H and O–H groups in total. The Bertz CT molecular complexity index is 435. The van der Waals surface area contributed by atoms with Crippen molar-refractivity contribution in [3.63, 3.8) is 0 Å². The van der Waals surface area contributed by atoms with Crippen LogP contribution in [0.3, 0.4) is 0 Å². The summed E-state index contributed by atoms with van der Waals surface area (Å²) in [5, 5.41) is 0.612. The van der Waals surface area contributed by atoms with Crippen molar-refractivity contribution in [1.29, 1.82) is 0 Å². The molecule has 0 aromatic rings. The minimum Gasteiger partial charge on any atom is -0.300 e. The summed E-state index contributed by atoms with van der Waals surface area (Å²) in [7, 11) is -3.45. The van der Waals surface area contributed by atoms with Crippen LogP contribution in [0.1, 0.15) is 51.9 Å². The van der Waals surface area contributed by atoms with E-state index in [1.54, 1.807) is 11.8 Å². The molecular weight excluding hydrogens is 328 g/mol. The summed E-state index contributed by atoms with van der Waals surface area (Å²) in [4.78, 5) is 11.5. The maximum absolute atomic E-state index is 11.8. The number of ketones is 1. The van der Waals surface area contributed by atoms with Crippen LogP contribution in [-0.2, 0) is 18.8 Å². The van der Waals surface area contributed by atoms with Crippen LogP contribution in [-0.4, -0.2) is 42.3 Å². The highest BCUT2D eigenvalue weighted by Gasteiger charge is 2.27. The van der Waals surface area contributed by atoms with Gasteiger partial charge in [-0.25, -0.2) is 0 Å². The quantitative estimate of drug-likeness (QED) is 0.446. The second kappa shape index (κ2) is 10.7. The monoisotopic (exact) mass is 353 g/mol. The maximum atomic E-state index is 11.8. The van der Waals surface area contributed by atoms with Crippen molar-refractivity contribution >= 4 is 44.5 Å². The Labute approximate surface area is 136 Å². The van der Waals surface area contributed by atoms with E-state index in [0.29, 0.717) is 35.9 Å². The van der Waals surface area contributed by atoms with Crippen molar-refractivity contribution in [1.82, 2.24) is 0 Å². The van der Waals surface area contributed by atoms with E-state index in [1.165, 1.54) is 11.8 Å². The third-order valence-corrected chi connectivity index (χ3v) is 6.80. The highest BCUT2D eigenvalue weighted by atomic mass is 32.2. The summed E-state index contributed by atoms with van der Waals surface area (Å²) >= 11 is 3.20. The second-order valence-electron chi connectivity index (χ2n) is 5.07. The Balaban J connectivity index is 2.17. The lowest BCUT2D eigenvalue weighted by Gasteiger charge is -2.02. The van der Waals surface area contributed by atoms with Gasteiger partial charge in [-0.2, -0.15) is 0 Å². The minimum absolute atomic E-state index is 0.0465. The van der Waals surface area contributed by atoms with Crippen LogP contribution in [0.5, 0.6) is 0 Å². The molecule has 21 heavy (non-hydrogen) atoms. The lowest BCUT2D eigenvalue weighted by atomic mass is 10.1. The van der Waals surface area contributed by atoms with Crippen LogP contribution in [0, 0.1) is 0 Å². The van der Waals surface area contributed by atoms with Crippen molar-refractivity contribution in [2.45, 2.75) is 51.9 Å². The van der Waals surface area contributed by atoms with E-state index in [4.69, 9.17) is 3.87 Å². The molecule has 7 heteroatoms. The first-order valence-corrected chi connectivity index (χ1v) is 11.3.